The maximum Gasteiger partial charge on any atom is 0.407 e. The summed E-state index contributed by atoms with van der Waals surface area (Å²) in [5, 5.41) is 3.00. The van der Waals surface area contributed by atoms with Gasteiger partial charge in [0, 0.05) is 17.2 Å². The van der Waals surface area contributed by atoms with Gasteiger partial charge in [0.1, 0.15) is 11.2 Å². The summed E-state index contributed by atoms with van der Waals surface area (Å²) in [5.41, 5.74) is 0.371. The van der Waals surface area contributed by atoms with E-state index in [2.05, 4.69) is 5.32 Å². The highest BCUT2D eigenvalue weighted by atomic mass is 16.6. The van der Waals surface area contributed by atoms with Crippen molar-refractivity contribution in [3.05, 3.63) is 71.8 Å². The fraction of sp³-hybridized carbons (Fsp3) is 0.516. The Labute approximate surface area is 221 Å². The summed E-state index contributed by atoms with van der Waals surface area (Å²) < 4.78 is 11.3. The highest BCUT2D eigenvalue weighted by Crippen LogP contribution is 2.36. The smallest absolute Gasteiger partial charge is 0.407 e. The number of nitrogens with zero attached hydrogens (tertiary/aromatic N) is 1. The molecule has 0 saturated heterocycles. The topological polar surface area (TPSA) is 77.0 Å². The van der Waals surface area contributed by atoms with Crippen LogP contribution in [0.2, 0.25) is 0 Å². The van der Waals surface area contributed by atoms with Gasteiger partial charge in [0.25, 0.3) is 0 Å². The molecule has 1 aliphatic carbocycles. The van der Waals surface area contributed by atoms with E-state index < -0.39 is 22.8 Å². The summed E-state index contributed by atoms with van der Waals surface area (Å²) in [4.78, 5) is 31.1. The van der Waals surface area contributed by atoms with Crippen molar-refractivity contribution in [2.24, 2.45) is 10.9 Å². The second-order valence-electron chi connectivity index (χ2n) is 12.2. The number of aliphatic imine (C=N–C) groups is 1. The first-order chi connectivity index (χ1) is 17.2. The van der Waals surface area contributed by atoms with E-state index >= 15 is 0 Å². The first-order valence-corrected chi connectivity index (χ1v) is 13.2. The zero-order valence-electron chi connectivity index (χ0n) is 23.3. The Morgan fingerprint density at radius 2 is 1.32 bits per heavy atom. The minimum Gasteiger partial charge on any atom is -0.458 e. The minimum absolute atomic E-state index is 0.00873. The molecule has 1 N–H and O–H groups in total. The van der Waals surface area contributed by atoms with Gasteiger partial charge in [-0.15, -0.1) is 0 Å². The average Bonchev–Trinajstić information content (AvgIpc) is 3.22. The van der Waals surface area contributed by atoms with Crippen molar-refractivity contribution in [2.75, 3.05) is 0 Å². The van der Waals surface area contributed by atoms with Crippen molar-refractivity contribution in [3.8, 4) is 0 Å². The normalized spacial score (nSPS) is 19.4. The maximum absolute atomic E-state index is 13.7. The van der Waals surface area contributed by atoms with Gasteiger partial charge in [-0.3, -0.25) is 4.99 Å². The molecule has 3 atom stereocenters. The summed E-state index contributed by atoms with van der Waals surface area (Å²) in [7, 11) is 0. The number of amides is 1. The van der Waals surface area contributed by atoms with Gasteiger partial charge in [-0.1, -0.05) is 60.7 Å². The number of ether oxygens (including phenoxy) is 2. The van der Waals surface area contributed by atoms with Crippen LogP contribution >= 0.6 is 0 Å². The van der Waals surface area contributed by atoms with Gasteiger partial charge in [-0.25, -0.2) is 9.59 Å². The van der Waals surface area contributed by atoms with Gasteiger partial charge in [-0.2, -0.15) is 0 Å². The molecule has 3 rings (SSSR count). The number of hydrogen-bond acceptors (Lipinski definition) is 5. The fourth-order valence-electron chi connectivity index (χ4n) is 4.73. The third-order valence-corrected chi connectivity index (χ3v) is 6.24. The summed E-state index contributed by atoms with van der Waals surface area (Å²) in [6.45, 7) is 13.1. The van der Waals surface area contributed by atoms with Crippen LogP contribution in [0.4, 0.5) is 4.79 Å². The monoisotopic (exact) mass is 506 g/mol. The Hall–Kier alpha value is -3.15. The van der Waals surface area contributed by atoms with Crippen LogP contribution in [0.25, 0.3) is 0 Å². The third-order valence-electron chi connectivity index (χ3n) is 6.24. The quantitative estimate of drug-likeness (QED) is 0.334. The molecule has 1 fully saturated rings. The van der Waals surface area contributed by atoms with E-state index in [1.54, 1.807) is 0 Å². The van der Waals surface area contributed by atoms with E-state index in [-0.39, 0.29) is 17.9 Å². The van der Waals surface area contributed by atoms with Crippen molar-refractivity contribution in [1.82, 2.24) is 5.32 Å². The van der Waals surface area contributed by atoms with E-state index in [4.69, 9.17) is 14.5 Å². The molecule has 0 bridgehead atoms. The molecule has 0 aliphatic heterocycles. The van der Waals surface area contributed by atoms with E-state index in [1.165, 1.54) is 0 Å². The second-order valence-corrected chi connectivity index (χ2v) is 12.2. The van der Waals surface area contributed by atoms with Gasteiger partial charge < -0.3 is 14.8 Å². The Kier molecular flexibility index (Phi) is 8.83. The SMILES string of the molecule is CC(C)(C)OC(=O)NC1CCC(CC(C)(N=C(c2ccccc2)c2ccccc2)C(=O)OC(C)(C)C)C1. The molecule has 6 nitrogen and oxygen atoms in total. The molecule has 6 heteroatoms. The van der Waals surface area contributed by atoms with Crippen molar-refractivity contribution < 1.29 is 19.1 Å². The number of esters is 1. The summed E-state index contributed by atoms with van der Waals surface area (Å²) in [5.74, 6) is -0.137. The van der Waals surface area contributed by atoms with Crippen LogP contribution in [0.5, 0.6) is 0 Å². The number of rotatable bonds is 7. The third kappa shape index (κ3) is 8.73. The molecule has 0 heterocycles. The largest absolute Gasteiger partial charge is 0.458 e. The summed E-state index contributed by atoms with van der Waals surface area (Å²) in [6, 6.07) is 19.9. The highest BCUT2D eigenvalue weighted by Gasteiger charge is 2.42. The van der Waals surface area contributed by atoms with E-state index in [9.17, 15) is 9.59 Å². The van der Waals surface area contributed by atoms with Gasteiger partial charge in [0.15, 0.2) is 5.54 Å². The lowest BCUT2D eigenvalue weighted by Gasteiger charge is -2.31. The van der Waals surface area contributed by atoms with E-state index in [0.29, 0.717) is 6.42 Å². The van der Waals surface area contributed by atoms with Crippen LogP contribution in [0.1, 0.15) is 85.3 Å². The lowest BCUT2D eigenvalue weighted by Crippen LogP contribution is -2.42. The number of hydrogen-bond donors (Lipinski definition) is 1. The van der Waals surface area contributed by atoms with Gasteiger partial charge in [-0.05, 0) is 80.1 Å². The average molecular weight is 507 g/mol. The molecule has 2 aromatic rings. The molecule has 3 unspecified atom stereocenters. The van der Waals surface area contributed by atoms with Crippen LogP contribution < -0.4 is 5.32 Å². The molecule has 1 aliphatic rings. The van der Waals surface area contributed by atoms with E-state index in [0.717, 1.165) is 36.1 Å². The zero-order chi connectivity index (χ0) is 27.3. The number of nitrogens with one attached hydrogen (secondary N) is 1. The molecule has 37 heavy (non-hydrogen) atoms. The van der Waals surface area contributed by atoms with Crippen LogP contribution in [-0.4, -0.2) is 40.6 Å². The summed E-state index contributed by atoms with van der Waals surface area (Å²) in [6.07, 6.45) is 2.61. The van der Waals surface area contributed by atoms with Crippen molar-refractivity contribution in [3.63, 3.8) is 0 Å². The standard InChI is InChI=1S/C31H42N2O4/c1-29(2,3)36-27(34)31(7,21-22-18-19-25(20-22)32-28(35)37-30(4,5)6)33-26(23-14-10-8-11-15-23)24-16-12-9-13-17-24/h8-17,22,25H,18-21H2,1-7H3,(H,32,35). The number of alkyl carbamates (subject to hydrolysis) is 1. The molecule has 0 radical (unpaired) electrons. The van der Waals surface area contributed by atoms with Crippen LogP contribution in [0.3, 0.4) is 0 Å². The molecular formula is C31H42N2O4. The van der Waals surface area contributed by atoms with Crippen molar-refractivity contribution in [2.45, 2.75) is 96.9 Å². The Balaban J connectivity index is 1.90. The molecule has 1 amide bonds. The number of carbonyl (C=O) groups excluding carboxylic acids is 2. The number of benzene rings is 2. The van der Waals surface area contributed by atoms with Gasteiger partial charge in [0.05, 0.1) is 5.71 Å². The van der Waals surface area contributed by atoms with Gasteiger partial charge in [0.2, 0.25) is 0 Å². The molecule has 2 aromatic carbocycles. The molecular weight excluding hydrogens is 464 g/mol. The predicted octanol–water partition coefficient (Wildman–Crippen LogP) is 6.71. The van der Waals surface area contributed by atoms with Crippen LogP contribution in [0.15, 0.2) is 65.7 Å². The number of carbonyl (C=O) groups is 2. The molecule has 0 spiro atoms. The first kappa shape index (κ1) is 28.4. The fourth-order valence-corrected chi connectivity index (χ4v) is 4.73. The molecule has 200 valence electrons. The van der Waals surface area contributed by atoms with E-state index in [1.807, 2.05) is 109 Å². The summed E-state index contributed by atoms with van der Waals surface area (Å²) >= 11 is 0. The van der Waals surface area contributed by atoms with Gasteiger partial charge >= 0.3 is 12.1 Å². The van der Waals surface area contributed by atoms with Crippen molar-refractivity contribution >= 4 is 17.8 Å². The van der Waals surface area contributed by atoms with Crippen LogP contribution in [0, 0.1) is 5.92 Å². The molecule has 1 saturated carbocycles. The first-order valence-electron chi connectivity index (χ1n) is 13.2. The predicted molar refractivity (Wildman–Crippen MR) is 148 cm³/mol. The van der Waals surface area contributed by atoms with Crippen LogP contribution in [-0.2, 0) is 14.3 Å². The minimum atomic E-state index is -1.10. The zero-order valence-corrected chi connectivity index (χ0v) is 23.3. The van der Waals surface area contributed by atoms with Crippen molar-refractivity contribution in [1.29, 1.82) is 0 Å². The Morgan fingerprint density at radius 3 is 1.81 bits per heavy atom. The lowest BCUT2D eigenvalue weighted by atomic mass is 9.87. The maximum atomic E-state index is 13.7. The second kappa shape index (κ2) is 11.5. The Morgan fingerprint density at radius 1 is 0.811 bits per heavy atom. The lowest BCUT2D eigenvalue weighted by molar-refractivity contribution is -0.161. The molecule has 0 aromatic heterocycles. The Bertz CT molecular complexity index is 1040. The highest BCUT2D eigenvalue weighted by molar-refractivity contribution is 6.13.